The van der Waals surface area contributed by atoms with E-state index >= 15 is 0 Å². The maximum absolute atomic E-state index is 12.8. The van der Waals surface area contributed by atoms with Crippen molar-refractivity contribution in [1.29, 1.82) is 0 Å². The van der Waals surface area contributed by atoms with Crippen LogP contribution in [0.4, 0.5) is 0 Å². The quantitative estimate of drug-likeness (QED) is 0.0898. The lowest BCUT2D eigenvalue weighted by molar-refractivity contribution is -0.137. The van der Waals surface area contributed by atoms with Crippen molar-refractivity contribution < 1.29 is 23.8 Å². The van der Waals surface area contributed by atoms with Gasteiger partial charge in [0, 0.05) is 11.6 Å². The number of carbonyl (C=O) groups is 2. The Morgan fingerprint density at radius 3 is 2.16 bits per heavy atom. The molecule has 0 N–H and O–H groups in total. The molecule has 0 aliphatic rings. The molecule has 198 valence electrons. The van der Waals surface area contributed by atoms with Crippen LogP contribution < -0.4 is 9.47 Å². The third kappa shape index (κ3) is 8.77. The van der Waals surface area contributed by atoms with E-state index in [1.54, 1.807) is 30.3 Å². The predicted octanol–water partition coefficient (Wildman–Crippen LogP) is 7.84. The van der Waals surface area contributed by atoms with Crippen LogP contribution in [0.3, 0.4) is 0 Å². The average molecular weight is 513 g/mol. The molecular weight excluding hydrogens is 476 g/mol. The second-order valence-corrected chi connectivity index (χ2v) is 8.95. The highest BCUT2D eigenvalue weighted by molar-refractivity contribution is 5.91. The molecule has 5 nitrogen and oxygen atoms in total. The van der Waals surface area contributed by atoms with Gasteiger partial charge in [0.2, 0.25) is 0 Å². The molecule has 0 radical (unpaired) electrons. The number of esters is 2. The number of hydrogen-bond donors (Lipinski definition) is 0. The van der Waals surface area contributed by atoms with Gasteiger partial charge in [-0.15, -0.1) is 0 Å². The van der Waals surface area contributed by atoms with E-state index in [4.69, 9.17) is 14.2 Å². The summed E-state index contributed by atoms with van der Waals surface area (Å²) in [5, 5.41) is 0. The van der Waals surface area contributed by atoms with E-state index in [2.05, 4.69) is 44.3 Å². The van der Waals surface area contributed by atoms with Crippen LogP contribution in [0, 0.1) is 0 Å². The SMILES string of the molecule is C=CC(=O)OCCCCCCOc1ccc(C(=O)Oc2ccc(-c3ccc(CCC)cc3)cc2C=C)cc1. The fraction of sp³-hybridized carbons (Fsp3) is 0.273. The van der Waals surface area contributed by atoms with Gasteiger partial charge in [0.15, 0.2) is 0 Å². The molecule has 3 aromatic rings. The molecule has 3 aromatic carbocycles. The van der Waals surface area contributed by atoms with Crippen LogP contribution >= 0.6 is 0 Å². The van der Waals surface area contributed by atoms with Gasteiger partial charge in [-0.3, -0.25) is 0 Å². The molecule has 5 heteroatoms. The summed E-state index contributed by atoms with van der Waals surface area (Å²) in [4.78, 5) is 23.7. The highest BCUT2D eigenvalue weighted by Gasteiger charge is 2.12. The first-order valence-corrected chi connectivity index (χ1v) is 13.1. The number of carbonyl (C=O) groups excluding carboxylic acids is 2. The summed E-state index contributed by atoms with van der Waals surface area (Å²) in [6.45, 7) is 10.4. The molecule has 0 spiro atoms. The van der Waals surface area contributed by atoms with Crippen LogP contribution in [-0.4, -0.2) is 25.2 Å². The van der Waals surface area contributed by atoms with Crippen molar-refractivity contribution >= 4 is 18.0 Å². The van der Waals surface area contributed by atoms with Gasteiger partial charge in [0.05, 0.1) is 18.8 Å². The Morgan fingerprint density at radius 2 is 1.50 bits per heavy atom. The van der Waals surface area contributed by atoms with E-state index in [0.717, 1.165) is 55.2 Å². The highest BCUT2D eigenvalue weighted by Crippen LogP contribution is 2.29. The van der Waals surface area contributed by atoms with E-state index < -0.39 is 5.97 Å². The zero-order valence-corrected chi connectivity index (χ0v) is 22.1. The van der Waals surface area contributed by atoms with Crippen molar-refractivity contribution in [2.45, 2.75) is 45.4 Å². The smallest absolute Gasteiger partial charge is 0.343 e. The Hall–Kier alpha value is -4.12. The third-order valence-corrected chi connectivity index (χ3v) is 6.07. The maximum atomic E-state index is 12.8. The molecule has 0 heterocycles. The minimum Gasteiger partial charge on any atom is -0.494 e. The second kappa shape index (κ2) is 15.2. The van der Waals surface area contributed by atoms with Crippen molar-refractivity contribution in [3.05, 3.63) is 103 Å². The standard InChI is InChI=1S/C33H36O5/c1-4-11-25-12-14-27(15-13-25)29-18-21-31(26(5-2)24-29)38-33(35)28-16-19-30(20-17-28)36-22-9-7-8-10-23-37-32(34)6-3/h5-6,12-21,24H,2-4,7-11,22-23H2,1H3. The monoisotopic (exact) mass is 512 g/mol. The number of benzene rings is 3. The Bertz CT molecular complexity index is 1210. The van der Waals surface area contributed by atoms with Gasteiger partial charge >= 0.3 is 11.9 Å². The normalized spacial score (nSPS) is 10.4. The minimum atomic E-state index is -0.437. The summed E-state index contributed by atoms with van der Waals surface area (Å²) >= 11 is 0. The Balaban J connectivity index is 1.48. The second-order valence-electron chi connectivity index (χ2n) is 8.95. The number of unbranched alkanes of at least 4 members (excludes halogenated alkanes) is 3. The first-order valence-electron chi connectivity index (χ1n) is 13.1. The van der Waals surface area contributed by atoms with Gasteiger partial charge in [-0.1, -0.05) is 62.9 Å². The molecule has 0 saturated heterocycles. The van der Waals surface area contributed by atoms with Gasteiger partial charge in [-0.2, -0.15) is 0 Å². The minimum absolute atomic E-state index is 0.386. The summed E-state index contributed by atoms with van der Waals surface area (Å²) in [7, 11) is 0. The lowest BCUT2D eigenvalue weighted by atomic mass is 10.00. The maximum Gasteiger partial charge on any atom is 0.343 e. The molecule has 3 rings (SSSR count). The van der Waals surface area contributed by atoms with Crippen molar-refractivity contribution in [2.24, 2.45) is 0 Å². The molecule has 0 amide bonds. The van der Waals surface area contributed by atoms with Crippen molar-refractivity contribution in [3.8, 4) is 22.6 Å². The Labute approximate surface area is 225 Å². The average Bonchev–Trinajstić information content (AvgIpc) is 2.95. The lowest BCUT2D eigenvalue weighted by Gasteiger charge is -2.11. The molecule has 0 aliphatic heterocycles. The summed E-state index contributed by atoms with van der Waals surface area (Å²) in [5.41, 5.74) is 4.67. The summed E-state index contributed by atoms with van der Waals surface area (Å²) in [6, 6.07) is 21.2. The molecular formula is C33H36O5. The van der Waals surface area contributed by atoms with Gasteiger partial charge in [-0.05, 0) is 85.2 Å². The number of aryl methyl sites for hydroxylation is 1. The molecule has 0 fully saturated rings. The summed E-state index contributed by atoms with van der Waals surface area (Å²) in [5.74, 6) is 0.343. The number of ether oxygens (including phenoxy) is 3. The molecule has 38 heavy (non-hydrogen) atoms. The predicted molar refractivity (Wildman–Crippen MR) is 152 cm³/mol. The van der Waals surface area contributed by atoms with Crippen LogP contribution in [0.5, 0.6) is 11.5 Å². The molecule has 0 bridgehead atoms. The van der Waals surface area contributed by atoms with Gasteiger partial charge in [-0.25, -0.2) is 9.59 Å². The van der Waals surface area contributed by atoms with Crippen LogP contribution in [0.15, 0.2) is 86.0 Å². The van der Waals surface area contributed by atoms with E-state index in [1.165, 1.54) is 11.6 Å². The molecule has 0 saturated carbocycles. The molecule has 0 aromatic heterocycles. The first kappa shape index (κ1) is 28.5. The molecule has 0 atom stereocenters. The topological polar surface area (TPSA) is 61.8 Å². The number of hydrogen-bond acceptors (Lipinski definition) is 5. The summed E-state index contributed by atoms with van der Waals surface area (Å²) in [6.07, 6.45) is 8.70. The largest absolute Gasteiger partial charge is 0.494 e. The zero-order valence-electron chi connectivity index (χ0n) is 22.1. The van der Waals surface area contributed by atoms with Crippen molar-refractivity contribution in [3.63, 3.8) is 0 Å². The van der Waals surface area contributed by atoms with E-state index in [1.807, 2.05) is 18.2 Å². The van der Waals surface area contributed by atoms with Gasteiger partial charge in [0.25, 0.3) is 0 Å². The first-order chi connectivity index (χ1) is 18.5. The van der Waals surface area contributed by atoms with Gasteiger partial charge < -0.3 is 14.2 Å². The van der Waals surface area contributed by atoms with E-state index in [-0.39, 0.29) is 5.97 Å². The summed E-state index contributed by atoms with van der Waals surface area (Å²) < 4.78 is 16.4. The third-order valence-electron chi connectivity index (χ3n) is 6.07. The van der Waals surface area contributed by atoms with Crippen molar-refractivity contribution in [2.75, 3.05) is 13.2 Å². The van der Waals surface area contributed by atoms with Gasteiger partial charge in [0.1, 0.15) is 11.5 Å². The van der Waals surface area contributed by atoms with Crippen LogP contribution in [-0.2, 0) is 16.0 Å². The lowest BCUT2D eigenvalue weighted by Crippen LogP contribution is -2.09. The highest BCUT2D eigenvalue weighted by atomic mass is 16.5. The van der Waals surface area contributed by atoms with Crippen LogP contribution in [0.2, 0.25) is 0 Å². The zero-order chi connectivity index (χ0) is 27.2. The molecule has 0 unspecified atom stereocenters. The molecule has 0 aliphatic carbocycles. The number of rotatable bonds is 15. The Kier molecular flexibility index (Phi) is 11.4. The van der Waals surface area contributed by atoms with E-state index in [9.17, 15) is 9.59 Å². The van der Waals surface area contributed by atoms with E-state index in [0.29, 0.717) is 30.3 Å². The fourth-order valence-corrected chi connectivity index (χ4v) is 3.96. The Morgan fingerprint density at radius 1 is 0.816 bits per heavy atom. The van der Waals surface area contributed by atoms with Crippen molar-refractivity contribution in [1.82, 2.24) is 0 Å². The fourth-order valence-electron chi connectivity index (χ4n) is 3.96. The van der Waals surface area contributed by atoms with Crippen LogP contribution in [0.25, 0.3) is 17.2 Å². The van der Waals surface area contributed by atoms with Crippen LogP contribution in [0.1, 0.15) is 60.5 Å².